The lowest BCUT2D eigenvalue weighted by molar-refractivity contribution is -0.133. The van der Waals surface area contributed by atoms with Crippen LogP contribution in [0.15, 0.2) is 34.2 Å². The summed E-state index contributed by atoms with van der Waals surface area (Å²) in [5, 5.41) is 0. The highest BCUT2D eigenvalue weighted by molar-refractivity contribution is 7.90. The second-order valence-electron chi connectivity index (χ2n) is 7.44. The highest BCUT2D eigenvalue weighted by Gasteiger charge is 2.30. The summed E-state index contributed by atoms with van der Waals surface area (Å²) in [7, 11) is -3.52. The van der Waals surface area contributed by atoms with Gasteiger partial charge in [0.15, 0.2) is 0 Å². The molecule has 1 aliphatic carbocycles. The minimum atomic E-state index is -3.52. The molecule has 1 saturated heterocycles. The van der Waals surface area contributed by atoms with Crippen molar-refractivity contribution in [2.24, 2.45) is 4.99 Å². The van der Waals surface area contributed by atoms with Gasteiger partial charge in [0.1, 0.15) is 5.84 Å². The van der Waals surface area contributed by atoms with Crippen LogP contribution < -0.4 is 4.72 Å². The zero-order valence-corrected chi connectivity index (χ0v) is 16.2. The van der Waals surface area contributed by atoms with Gasteiger partial charge in [-0.2, -0.15) is 0 Å². The fraction of sp³-hybridized carbons (Fsp3) is 0.579. The van der Waals surface area contributed by atoms with Gasteiger partial charge in [0.05, 0.1) is 11.4 Å². The summed E-state index contributed by atoms with van der Waals surface area (Å²) in [4.78, 5) is 21.5. The van der Waals surface area contributed by atoms with E-state index in [0.717, 1.165) is 26.2 Å². The Bertz CT molecular complexity index is 838. The first-order valence-electron chi connectivity index (χ1n) is 9.73. The van der Waals surface area contributed by atoms with Crippen molar-refractivity contribution in [3.05, 3.63) is 29.8 Å². The number of nitrogens with one attached hydrogen (secondary N) is 1. The number of hydrogen-bond acceptors (Lipinski definition) is 5. The molecule has 2 fully saturated rings. The molecule has 2 aliphatic heterocycles. The van der Waals surface area contributed by atoms with Gasteiger partial charge in [-0.25, -0.2) is 8.42 Å². The van der Waals surface area contributed by atoms with E-state index in [1.54, 1.807) is 24.3 Å². The minimum absolute atomic E-state index is 0.0968. The molecule has 1 aromatic carbocycles. The zero-order chi connectivity index (χ0) is 18.9. The average molecular weight is 391 g/mol. The lowest BCUT2D eigenvalue weighted by atomic mass is 10.1. The Morgan fingerprint density at radius 1 is 1.11 bits per heavy atom. The Labute approximate surface area is 160 Å². The number of amidine groups is 1. The van der Waals surface area contributed by atoms with Crippen LogP contribution in [-0.2, 0) is 14.8 Å². The number of amides is 1. The van der Waals surface area contributed by atoms with Crippen molar-refractivity contribution < 1.29 is 13.2 Å². The second-order valence-corrected chi connectivity index (χ2v) is 9.09. The molecule has 1 aromatic rings. The molecular weight excluding hydrogens is 364 g/mol. The third-order valence-corrected chi connectivity index (χ3v) is 7.16. The molecule has 8 heteroatoms. The van der Waals surface area contributed by atoms with E-state index in [4.69, 9.17) is 0 Å². The van der Waals surface area contributed by atoms with Crippen LogP contribution in [0.25, 0.3) is 0 Å². The van der Waals surface area contributed by atoms with Crippen molar-refractivity contribution in [2.45, 2.75) is 43.0 Å². The van der Waals surface area contributed by atoms with Crippen molar-refractivity contribution in [3.8, 4) is 0 Å². The second kappa shape index (κ2) is 7.59. The topological polar surface area (TPSA) is 82.1 Å². The number of benzene rings is 1. The molecule has 1 saturated carbocycles. The molecule has 1 N–H and O–H groups in total. The van der Waals surface area contributed by atoms with Crippen molar-refractivity contribution in [1.29, 1.82) is 0 Å². The molecule has 0 bridgehead atoms. The molecular formula is C19H26N4O3S. The van der Waals surface area contributed by atoms with E-state index >= 15 is 0 Å². The van der Waals surface area contributed by atoms with E-state index in [9.17, 15) is 13.2 Å². The first-order chi connectivity index (χ1) is 13.0. The SMILES string of the molecule is O=C(CCN=C1NS(=O)(=O)c2ccccc21)N1CCN(C2CCCC2)CC1. The number of hydrogen-bond donors (Lipinski definition) is 1. The molecule has 146 valence electrons. The van der Waals surface area contributed by atoms with Crippen molar-refractivity contribution >= 4 is 21.8 Å². The van der Waals surface area contributed by atoms with Crippen molar-refractivity contribution in [3.63, 3.8) is 0 Å². The summed E-state index contributed by atoms with van der Waals surface area (Å²) in [6.07, 6.45) is 5.55. The fourth-order valence-corrected chi connectivity index (χ4v) is 5.53. The number of fused-ring (bicyclic) bond motifs is 1. The van der Waals surface area contributed by atoms with Gasteiger partial charge in [0.25, 0.3) is 10.0 Å². The van der Waals surface area contributed by atoms with Crippen molar-refractivity contribution in [1.82, 2.24) is 14.5 Å². The molecule has 7 nitrogen and oxygen atoms in total. The maximum atomic E-state index is 12.5. The monoisotopic (exact) mass is 390 g/mol. The Kier molecular flexibility index (Phi) is 5.19. The molecule has 0 unspecified atom stereocenters. The third kappa shape index (κ3) is 3.87. The lowest BCUT2D eigenvalue weighted by Gasteiger charge is -2.38. The Balaban J connectivity index is 1.30. The molecule has 4 rings (SSSR count). The Morgan fingerprint density at radius 2 is 1.81 bits per heavy atom. The summed E-state index contributed by atoms with van der Waals surface area (Å²) in [6, 6.07) is 7.48. The van der Waals surface area contributed by atoms with Gasteiger partial charge >= 0.3 is 0 Å². The smallest absolute Gasteiger partial charge is 0.263 e. The summed E-state index contributed by atoms with van der Waals surface area (Å²) in [6.45, 7) is 3.76. The quantitative estimate of drug-likeness (QED) is 0.838. The Morgan fingerprint density at radius 3 is 2.56 bits per heavy atom. The normalized spacial score (nSPS) is 24.1. The molecule has 1 amide bonds. The maximum Gasteiger partial charge on any atom is 0.263 e. The summed E-state index contributed by atoms with van der Waals surface area (Å²) in [5.74, 6) is 0.434. The highest BCUT2D eigenvalue weighted by Crippen LogP contribution is 2.24. The fourth-order valence-electron chi connectivity index (χ4n) is 4.28. The summed E-state index contributed by atoms with van der Waals surface area (Å²) >= 11 is 0. The van der Waals surface area contributed by atoms with Gasteiger partial charge in [-0.3, -0.25) is 19.4 Å². The number of sulfonamides is 1. The van der Waals surface area contributed by atoms with Gasteiger partial charge in [-0.05, 0) is 25.0 Å². The van der Waals surface area contributed by atoms with E-state index in [1.807, 2.05) is 4.90 Å². The molecule has 2 heterocycles. The summed E-state index contributed by atoms with van der Waals surface area (Å²) in [5.41, 5.74) is 0.579. The summed E-state index contributed by atoms with van der Waals surface area (Å²) < 4.78 is 26.6. The number of carbonyl (C=O) groups excluding carboxylic acids is 1. The molecule has 0 aromatic heterocycles. The predicted molar refractivity (Wildman–Crippen MR) is 103 cm³/mol. The Hall–Kier alpha value is -1.93. The standard InChI is InChI=1S/C19H26N4O3S/c24-18(23-13-11-22(12-14-23)15-5-1-2-6-15)9-10-20-19-16-7-3-4-8-17(16)27(25,26)21-19/h3-4,7-8,15H,1-2,5-6,9-14H2,(H,20,21). The highest BCUT2D eigenvalue weighted by atomic mass is 32.2. The first kappa shape index (κ1) is 18.4. The zero-order valence-electron chi connectivity index (χ0n) is 15.4. The molecule has 0 radical (unpaired) electrons. The van der Waals surface area contributed by atoms with Gasteiger partial charge in [0, 0.05) is 44.2 Å². The van der Waals surface area contributed by atoms with Crippen LogP contribution >= 0.6 is 0 Å². The third-order valence-electron chi connectivity index (χ3n) is 5.77. The van der Waals surface area contributed by atoms with Crippen LogP contribution in [-0.4, -0.2) is 68.7 Å². The van der Waals surface area contributed by atoms with Crippen molar-refractivity contribution in [2.75, 3.05) is 32.7 Å². The number of carbonyl (C=O) groups is 1. The largest absolute Gasteiger partial charge is 0.340 e. The number of nitrogens with zero attached hydrogens (tertiary/aromatic N) is 3. The lowest BCUT2D eigenvalue weighted by Crippen LogP contribution is -2.51. The predicted octanol–water partition coefficient (Wildman–Crippen LogP) is 1.20. The first-order valence-corrected chi connectivity index (χ1v) is 11.2. The van der Waals surface area contributed by atoms with Crippen LogP contribution in [0.5, 0.6) is 0 Å². The van der Waals surface area contributed by atoms with E-state index in [-0.39, 0.29) is 17.3 Å². The minimum Gasteiger partial charge on any atom is -0.340 e. The van der Waals surface area contributed by atoms with Crippen LogP contribution in [0.2, 0.25) is 0 Å². The average Bonchev–Trinajstić information content (AvgIpc) is 3.29. The maximum absolute atomic E-state index is 12.5. The molecule has 0 atom stereocenters. The van der Waals surface area contributed by atoms with E-state index in [2.05, 4.69) is 14.6 Å². The van der Waals surface area contributed by atoms with Gasteiger partial charge in [-0.1, -0.05) is 25.0 Å². The van der Waals surface area contributed by atoms with E-state index in [0.29, 0.717) is 23.9 Å². The molecule has 0 spiro atoms. The van der Waals surface area contributed by atoms with Crippen LogP contribution in [0.1, 0.15) is 37.7 Å². The number of piperazine rings is 1. The van der Waals surface area contributed by atoms with E-state index < -0.39 is 10.0 Å². The van der Waals surface area contributed by atoms with Gasteiger partial charge in [0.2, 0.25) is 5.91 Å². The van der Waals surface area contributed by atoms with Gasteiger partial charge < -0.3 is 4.90 Å². The molecule has 27 heavy (non-hydrogen) atoms. The van der Waals surface area contributed by atoms with E-state index in [1.165, 1.54) is 25.7 Å². The van der Waals surface area contributed by atoms with Crippen LogP contribution in [0.3, 0.4) is 0 Å². The number of rotatable bonds is 4. The van der Waals surface area contributed by atoms with Crippen LogP contribution in [0.4, 0.5) is 0 Å². The molecule has 3 aliphatic rings. The number of aliphatic imine (C=N–C) groups is 1. The van der Waals surface area contributed by atoms with Gasteiger partial charge in [-0.15, -0.1) is 0 Å². The van der Waals surface area contributed by atoms with Crippen LogP contribution in [0, 0.1) is 0 Å².